The molecule has 1 aromatic rings. The second kappa shape index (κ2) is 9.28. The number of nitrogens with zero attached hydrogens (tertiary/aromatic N) is 1. The summed E-state index contributed by atoms with van der Waals surface area (Å²) in [6.07, 6.45) is -7.55. The van der Waals surface area contributed by atoms with Gasteiger partial charge in [0.1, 0.15) is 6.61 Å². The fourth-order valence-electron chi connectivity index (χ4n) is 2.83. The number of alkyl halides is 3. The van der Waals surface area contributed by atoms with Gasteiger partial charge in [0.05, 0.1) is 37.0 Å². The molecular formula is C17H16F3N3O8. The fraction of sp³-hybridized carbons (Fsp3) is 0.412. The van der Waals surface area contributed by atoms with Crippen molar-refractivity contribution in [1.29, 1.82) is 0 Å². The molecule has 2 aliphatic heterocycles. The molecule has 1 saturated heterocycles. The van der Waals surface area contributed by atoms with Crippen LogP contribution in [-0.2, 0) is 23.7 Å². The van der Waals surface area contributed by atoms with Gasteiger partial charge in [0, 0.05) is 0 Å². The van der Waals surface area contributed by atoms with Crippen molar-refractivity contribution in [3.63, 3.8) is 0 Å². The third-order valence-corrected chi connectivity index (χ3v) is 4.15. The van der Waals surface area contributed by atoms with Crippen LogP contribution >= 0.6 is 0 Å². The zero-order valence-corrected chi connectivity index (χ0v) is 15.6. The molecule has 3 rings (SSSR count). The van der Waals surface area contributed by atoms with E-state index in [0.29, 0.717) is 0 Å². The molecule has 1 aromatic carbocycles. The number of hydrazine groups is 1. The van der Waals surface area contributed by atoms with Crippen LogP contribution in [0.15, 0.2) is 24.3 Å². The summed E-state index contributed by atoms with van der Waals surface area (Å²) in [5.74, 6) is -1.94. The monoisotopic (exact) mass is 447 g/mol. The molecule has 0 atom stereocenters. The molecule has 2 N–H and O–H groups in total. The first-order valence-corrected chi connectivity index (χ1v) is 8.81. The number of fused-ring (bicyclic) bond motifs is 1. The maximum atomic E-state index is 12.4. The molecular weight excluding hydrogens is 431 g/mol. The summed E-state index contributed by atoms with van der Waals surface area (Å²) in [6.45, 7) is -2.01. The van der Waals surface area contributed by atoms with E-state index in [4.69, 9.17) is 9.47 Å². The Balaban J connectivity index is 1.40. The standard InChI is InChI=1S/C17H16F3N3O8/c18-17(19,20)31-6-5-28-16(27)22-21-12(24)15-29-7-9(8-30-15)23-13(25)10-3-1-2-4-11(10)14(23)26/h1-4,9,15H,5-8H2,(H,21,24)(H,22,27)/t9-,15-. The molecule has 0 saturated carbocycles. The third kappa shape index (κ3) is 5.48. The lowest BCUT2D eigenvalue weighted by atomic mass is 10.1. The Hall–Kier alpha value is -3.23. The highest BCUT2D eigenvalue weighted by atomic mass is 19.4. The lowest BCUT2D eigenvalue weighted by Gasteiger charge is -2.32. The second-order valence-electron chi connectivity index (χ2n) is 6.22. The summed E-state index contributed by atoms with van der Waals surface area (Å²) in [6, 6.07) is 5.54. The van der Waals surface area contributed by atoms with Crippen molar-refractivity contribution in [3.8, 4) is 0 Å². The largest absolute Gasteiger partial charge is 0.522 e. The third-order valence-electron chi connectivity index (χ3n) is 4.15. The van der Waals surface area contributed by atoms with Gasteiger partial charge in [-0.15, -0.1) is 13.2 Å². The predicted octanol–water partition coefficient (Wildman–Crippen LogP) is 0.318. The second-order valence-corrected chi connectivity index (χ2v) is 6.22. The average molecular weight is 447 g/mol. The van der Waals surface area contributed by atoms with Gasteiger partial charge < -0.3 is 14.2 Å². The van der Waals surface area contributed by atoms with E-state index in [9.17, 15) is 32.3 Å². The van der Waals surface area contributed by atoms with Crippen molar-refractivity contribution in [2.75, 3.05) is 26.4 Å². The predicted molar refractivity (Wildman–Crippen MR) is 91.1 cm³/mol. The zero-order chi connectivity index (χ0) is 22.6. The minimum absolute atomic E-state index is 0.192. The SMILES string of the molecule is O=C(NNC(=O)[C@H]1OC[C@H](N2C(=O)c3ccccc3C2=O)CO1)OCCOC(F)(F)F. The van der Waals surface area contributed by atoms with Gasteiger partial charge in [-0.05, 0) is 12.1 Å². The van der Waals surface area contributed by atoms with Crippen LogP contribution in [0, 0.1) is 0 Å². The lowest BCUT2D eigenvalue weighted by molar-refractivity contribution is -0.326. The topological polar surface area (TPSA) is 132 Å². The molecule has 0 aliphatic carbocycles. The molecule has 0 aromatic heterocycles. The summed E-state index contributed by atoms with van der Waals surface area (Å²) in [4.78, 5) is 49.1. The van der Waals surface area contributed by atoms with Gasteiger partial charge in [0.25, 0.3) is 17.7 Å². The van der Waals surface area contributed by atoms with Gasteiger partial charge in [0.2, 0.25) is 6.29 Å². The number of benzene rings is 1. The molecule has 4 amide bonds. The van der Waals surface area contributed by atoms with Crippen LogP contribution in [0.2, 0.25) is 0 Å². The van der Waals surface area contributed by atoms with E-state index in [0.717, 1.165) is 4.90 Å². The number of hydrogen-bond donors (Lipinski definition) is 2. The number of halogens is 3. The number of carbonyl (C=O) groups excluding carboxylic acids is 4. The van der Waals surface area contributed by atoms with Crippen LogP contribution < -0.4 is 10.9 Å². The number of hydrogen-bond acceptors (Lipinski definition) is 8. The Morgan fingerprint density at radius 3 is 2.16 bits per heavy atom. The fourth-order valence-corrected chi connectivity index (χ4v) is 2.83. The molecule has 31 heavy (non-hydrogen) atoms. The molecule has 0 unspecified atom stereocenters. The number of carbonyl (C=O) groups is 4. The highest BCUT2D eigenvalue weighted by Crippen LogP contribution is 2.26. The molecule has 0 radical (unpaired) electrons. The van der Waals surface area contributed by atoms with Crippen molar-refractivity contribution in [3.05, 3.63) is 35.4 Å². The van der Waals surface area contributed by atoms with Crippen LogP contribution in [-0.4, -0.2) is 73.8 Å². The Morgan fingerprint density at radius 2 is 1.61 bits per heavy atom. The first-order valence-electron chi connectivity index (χ1n) is 8.81. The maximum absolute atomic E-state index is 12.4. The number of rotatable bonds is 5. The minimum Gasteiger partial charge on any atom is -0.446 e. The van der Waals surface area contributed by atoms with Gasteiger partial charge in [-0.25, -0.2) is 10.2 Å². The maximum Gasteiger partial charge on any atom is 0.522 e. The Kier molecular flexibility index (Phi) is 6.72. The highest BCUT2D eigenvalue weighted by molar-refractivity contribution is 6.21. The lowest BCUT2D eigenvalue weighted by Crippen LogP contribution is -2.55. The van der Waals surface area contributed by atoms with Gasteiger partial charge in [-0.3, -0.25) is 29.4 Å². The Bertz CT molecular complexity index is 835. The van der Waals surface area contributed by atoms with E-state index in [2.05, 4.69) is 9.47 Å². The van der Waals surface area contributed by atoms with Gasteiger partial charge in [0.15, 0.2) is 0 Å². The first-order chi connectivity index (χ1) is 14.7. The Morgan fingerprint density at radius 1 is 1.03 bits per heavy atom. The van der Waals surface area contributed by atoms with E-state index in [-0.39, 0.29) is 24.3 Å². The Labute approximate surface area is 172 Å². The molecule has 14 heteroatoms. The minimum atomic E-state index is -4.85. The smallest absolute Gasteiger partial charge is 0.446 e. The van der Waals surface area contributed by atoms with E-state index >= 15 is 0 Å². The summed E-state index contributed by atoms with van der Waals surface area (Å²) >= 11 is 0. The van der Waals surface area contributed by atoms with Gasteiger partial charge in [-0.1, -0.05) is 12.1 Å². The molecule has 2 aliphatic rings. The van der Waals surface area contributed by atoms with Crippen LogP contribution in [0.4, 0.5) is 18.0 Å². The van der Waals surface area contributed by atoms with Crippen molar-refractivity contribution in [2.24, 2.45) is 0 Å². The van der Waals surface area contributed by atoms with Crippen molar-refractivity contribution >= 4 is 23.8 Å². The first kappa shape index (κ1) is 22.5. The number of imide groups is 1. The average Bonchev–Trinajstić information content (AvgIpc) is 2.99. The molecule has 168 valence electrons. The van der Waals surface area contributed by atoms with E-state index < -0.39 is 55.7 Å². The molecule has 0 spiro atoms. The molecule has 0 bridgehead atoms. The van der Waals surface area contributed by atoms with Crippen LogP contribution in [0.3, 0.4) is 0 Å². The number of ether oxygens (including phenoxy) is 4. The zero-order valence-electron chi connectivity index (χ0n) is 15.6. The van der Waals surface area contributed by atoms with Crippen molar-refractivity contribution in [1.82, 2.24) is 15.8 Å². The summed E-state index contributed by atoms with van der Waals surface area (Å²) in [5.41, 5.74) is 4.21. The molecule has 1 fully saturated rings. The molecule has 2 heterocycles. The van der Waals surface area contributed by atoms with Gasteiger partial charge in [-0.2, -0.15) is 0 Å². The summed E-state index contributed by atoms with van der Waals surface area (Å²) < 4.78 is 53.5. The van der Waals surface area contributed by atoms with E-state index in [1.165, 1.54) is 12.1 Å². The van der Waals surface area contributed by atoms with E-state index in [1.807, 2.05) is 5.43 Å². The highest BCUT2D eigenvalue weighted by Gasteiger charge is 2.42. The van der Waals surface area contributed by atoms with Crippen LogP contribution in [0.25, 0.3) is 0 Å². The number of amides is 4. The van der Waals surface area contributed by atoms with Crippen LogP contribution in [0.5, 0.6) is 0 Å². The number of nitrogens with one attached hydrogen (secondary N) is 2. The summed E-state index contributed by atoms with van der Waals surface area (Å²) in [5, 5.41) is 0. The normalized spacial score (nSPS) is 20.9. The summed E-state index contributed by atoms with van der Waals surface area (Å²) in [7, 11) is 0. The quantitative estimate of drug-likeness (QED) is 0.375. The van der Waals surface area contributed by atoms with E-state index in [1.54, 1.807) is 17.6 Å². The van der Waals surface area contributed by atoms with Crippen molar-refractivity contribution in [2.45, 2.75) is 18.7 Å². The van der Waals surface area contributed by atoms with Gasteiger partial charge >= 0.3 is 12.5 Å². The van der Waals surface area contributed by atoms with Crippen molar-refractivity contribution < 1.29 is 51.3 Å². The molecule has 11 nitrogen and oxygen atoms in total. The van der Waals surface area contributed by atoms with Crippen LogP contribution in [0.1, 0.15) is 20.7 Å².